The highest BCUT2D eigenvalue weighted by Gasteiger charge is 2.10. The number of amides is 1. The van der Waals surface area contributed by atoms with Crippen molar-refractivity contribution in [1.29, 1.82) is 0 Å². The maximum absolute atomic E-state index is 13.7. The molecule has 0 spiro atoms. The van der Waals surface area contributed by atoms with E-state index in [4.69, 9.17) is 4.74 Å². The van der Waals surface area contributed by atoms with Gasteiger partial charge < -0.3 is 10.1 Å². The van der Waals surface area contributed by atoms with Gasteiger partial charge >= 0.3 is 0 Å². The minimum Gasteiger partial charge on any atom is -0.439 e. The fourth-order valence-corrected chi connectivity index (χ4v) is 3.07. The third-order valence-electron chi connectivity index (χ3n) is 4.54. The Bertz CT molecular complexity index is 1220. The van der Waals surface area contributed by atoms with Crippen molar-refractivity contribution in [1.82, 2.24) is 19.5 Å². The van der Waals surface area contributed by atoms with Gasteiger partial charge in [-0.2, -0.15) is 4.98 Å². The lowest BCUT2D eigenvalue weighted by Crippen LogP contribution is -2.15. The highest BCUT2D eigenvalue weighted by molar-refractivity contribution is 5.92. The van der Waals surface area contributed by atoms with Gasteiger partial charge in [0, 0.05) is 24.1 Å². The van der Waals surface area contributed by atoms with Crippen molar-refractivity contribution in [2.75, 3.05) is 5.32 Å². The molecule has 31 heavy (non-hydrogen) atoms. The van der Waals surface area contributed by atoms with Gasteiger partial charge in [0.25, 0.3) is 0 Å². The van der Waals surface area contributed by atoms with E-state index in [2.05, 4.69) is 20.3 Å². The van der Waals surface area contributed by atoms with Gasteiger partial charge in [-0.05, 0) is 49.7 Å². The van der Waals surface area contributed by atoms with Crippen LogP contribution in [0.25, 0.3) is 5.82 Å². The van der Waals surface area contributed by atoms with E-state index < -0.39 is 5.82 Å². The zero-order chi connectivity index (χ0) is 21.8. The first-order chi connectivity index (χ1) is 15.0. The predicted octanol–water partition coefficient (Wildman–Crippen LogP) is 4.39. The number of nitrogens with zero attached hydrogens (tertiary/aromatic N) is 4. The normalized spacial score (nSPS) is 10.7. The van der Waals surface area contributed by atoms with Crippen molar-refractivity contribution in [3.05, 3.63) is 90.0 Å². The number of ether oxygens (including phenoxy) is 1. The van der Waals surface area contributed by atoms with Crippen molar-refractivity contribution >= 4 is 11.6 Å². The van der Waals surface area contributed by atoms with Gasteiger partial charge in [0.05, 0.1) is 6.42 Å². The molecule has 0 atom stereocenters. The van der Waals surface area contributed by atoms with E-state index in [1.165, 1.54) is 6.07 Å². The lowest BCUT2D eigenvalue weighted by molar-refractivity contribution is -0.115. The first-order valence-corrected chi connectivity index (χ1v) is 9.65. The molecule has 2 aromatic carbocycles. The van der Waals surface area contributed by atoms with Gasteiger partial charge in [-0.1, -0.05) is 18.2 Å². The van der Waals surface area contributed by atoms with E-state index in [0.29, 0.717) is 34.5 Å². The molecule has 0 saturated carbocycles. The number of carbonyl (C=O) groups excluding carboxylic acids is 1. The number of hydrogen-bond donors (Lipinski definition) is 1. The van der Waals surface area contributed by atoms with Crippen LogP contribution in [0.15, 0.2) is 67.0 Å². The van der Waals surface area contributed by atoms with Crippen molar-refractivity contribution in [3.8, 4) is 17.4 Å². The number of imidazole rings is 1. The Morgan fingerprint density at radius 2 is 1.87 bits per heavy atom. The summed E-state index contributed by atoms with van der Waals surface area (Å²) in [4.78, 5) is 25.1. The molecule has 156 valence electrons. The molecule has 4 aromatic rings. The Morgan fingerprint density at radius 3 is 2.58 bits per heavy atom. The van der Waals surface area contributed by atoms with E-state index >= 15 is 0 Å². The fraction of sp³-hybridized carbons (Fsp3) is 0.130. The number of nitrogens with one attached hydrogen (secondary N) is 1. The quantitative estimate of drug-likeness (QED) is 0.503. The molecule has 0 radical (unpaired) electrons. The second-order valence-electron chi connectivity index (χ2n) is 6.90. The Kier molecular flexibility index (Phi) is 5.70. The van der Waals surface area contributed by atoms with Gasteiger partial charge in [0.1, 0.15) is 29.0 Å². The second-order valence-corrected chi connectivity index (χ2v) is 6.90. The molecule has 4 rings (SSSR count). The lowest BCUT2D eigenvalue weighted by atomic mass is 10.1. The Balaban J connectivity index is 1.43. The number of hydrogen-bond acceptors (Lipinski definition) is 5. The number of anilines is 1. The van der Waals surface area contributed by atoms with E-state index in [1.54, 1.807) is 61.7 Å². The highest BCUT2D eigenvalue weighted by Crippen LogP contribution is 2.23. The van der Waals surface area contributed by atoms with E-state index in [-0.39, 0.29) is 12.3 Å². The number of aromatic nitrogens is 4. The van der Waals surface area contributed by atoms with Crippen LogP contribution in [-0.2, 0) is 11.2 Å². The number of aryl methyl sites for hydroxylation is 2. The summed E-state index contributed by atoms with van der Waals surface area (Å²) in [5.74, 6) is 2.29. The zero-order valence-electron chi connectivity index (χ0n) is 17.0. The van der Waals surface area contributed by atoms with Crippen molar-refractivity contribution < 1.29 is 13.9 Å². The second kappa shape index (κ2) is 8.74. The molecular formula is C23H20FN5O2. The van der Waals surface area contributed by atoms with Gasteiger partial charge in [-0.15, -0.1) is 0 Å². The van der Waals surface area contributed by atoms with Crippen LogP contribution in [0.5, 0.6) is 11.6 Å². The maximum Gasteiger partial charge on any atom is 0.228 e. The van der Waals surface area contributed by atoms with Crippen LogP contribution in [0, 0.1) is 19.7 Å². The van der Waals surface area contributed by atoms with Gasteiger partial charge in [-0.3, -0.25) is 9.36 Å². The average Bonchev–Trinajstić information content (AvgIpc) is 3.17. The Morgan fingerprint density at radius 1 is 1.10 bits per heavy atom. The first-order valence-electron chi connectivity index (χ1n) is 9.65. The number of carbonyl (C=O) groups is 1. The Labute approximate surface area is 178 Å². The summed E-state index contributed by atoms with van der Waals surface area (Å²) in [7, 11) is 0. The molecule has 7 nitrogen and oxygen atoms in total. The average molecular weight is 417 g/mol. The van der Waals surface area contributed by atoms with Gasteiger partial charge in [0.2, 0.25) is 11.8 Å². The van der Waals surface area contributed by atoms with E-state index in [0.717, 1.165) is 5.82 Å². The van der Waals surface area contributed by atoms with Crippen LogP contribution >= 0.6 is 0 Å². The molecular weight excluding hydrogens is 397 g/mol. The van der Waals surface area contributed by atoms with Crippen LogP contribution in [0.1, 0.15) is 17.2 Å². The van der Waals surface area contributed by atoms with E-state index in [1.807, 2.05) is 17.7 Å². The Hall–Kier alpha value is -4.07. The highest BCUT2D eigenvalue weighted by atomic mass is 19.1. The summed E-state index contributed by atoms with van der Waals surface area (Å²) in [6.45, 7) is 3.67. The molecule has 1 N–H and O–H groups in total. The molecule has 0 saturated heterocycles. The molecule has 0 fully saturated rings. The minimum atomic E-state index is -0.396. The molecule has 0 aliphatic carbocycles. The predicted molar refractivity (Wildman–Crippen MR) is 114 cm³/mol. The molecule has 0 bridgehead atoms. The smallest absolute Gasteiger partial charge is 0.228 e. The third-order valence-corrected chi connectivity index (χ3v) is 4.54. The van der Waals surface area contributed by atoms with Crippen LogP contribution < -0.4 is 10.1 Å². The summed E-state index contributed by atoms with van der Waals surface area (Å²) in [6, 6.07) is 14.8. The van der Waals surface area contributed by atoms with Crippen LogP contribution in [0.2, 0.25) is 0 Å². The van der Waals surface area contributed by atoms with Crippen LogP contribution in [0.3, 0.4) is 0 Å². The van der Waals surface area contributed by atoms with Crippen LogP contribution in [-0.4, -0.2) is 25.4 Å². The minimum absolute atomic E-state index is 0.0401. The molecule has 0 aliphatic rings. The summed E-state index contributed by atoms with van der Waals surface area (Å²) in [5.41, 5.74) is 0.935. The monoisotopic (exact) mass is 417 g/mol. The topological polar surface area (TPSA) is 81.9 Å². The SMILES string of the molecule is Cc1nc(Oc2ccc(NC(=O)Cc3ccccc3F)cc2)cc(-n2ccnc2C)n1. The molecule has 8 heteroatoms. The van der Waals surface area contributed by atoms with Crippen LogP contribution in [0.4, 0.5) is 10.1 Å². The summed E-state index contributed by atoms with van der Waals surface area (Å²) < 4.78 is 21.4. The molecule has 0 unspecified atom stereocenters. The number of rotatable bonds is 6. The zero-order valence-corrected chi connectivity index (χ0v) is 17.0. The molecule has 1 amide bonds. The largest absolute Gasteiger partial charge is 0.439 e. The summed E-state index contributed by atoms with van der Waals surface area (Å²) in [6.07, 6.45) is 3.48. The third kappa shape index (κ3) is 4.92. The molecule has 2 aromatic heterocycles. The van der Waals surface area contributed by atoms with E-state index in [9.17, 15) is 9.18 Å². The molecule has 0 aliphatic heterocycles. The fourth-order valence-electron chi connectivity index (χ4n) is 3.07. The summed E-state index contributed by atoms with van der Waals surface area (Å²) in [5, 5.41) is 2.75. The van der Waals surface area contributed by atoms with Crippen molar-refractivity contribution in [2.45, 2.75) is 20.3 Å². The van der Waals surface area contributed by atoms with Gasteiger partial charge in [-0.25, -0.2) is 14.4 Å². The number of halogens is 1. The van der Waals surface area contributed by atoms with Crippen molar-refractivity contribution in [2.24, 2.45) is 0 Å². The molecule has 2 heterocycles. The first kappa shape index (κ1) is 20.2. The van der Waals surface area contributed by atoms with Gasteiger partial charge in [0.15, 0.2) is 0 Å². The summed E-state index contributed by atoms with van der Waals surface area (Å²) >= 11 is 0. The lowest BCUT2D eigenvalue weighted by Gasteiger charge is -2.10. The number of benzene rings is 2. The standard InChI is InChI=1S/C23H20FN5O2/c1-15-26-21(29-12-11-25-16(29)2)14-23(27-15)31-19-9-7-18(8-10-19)28-22(30)13-17-5-3-4-6-20(17)24/h3-12,14H,13H2,1-2H3,(H,28,30). The maximum atomic E-state index is 13.7. The van der Waals surface area contributed by atoms with Crippen molar-refractivity contribution in [3.63, 3.8) is 0 Å².